The van der Waals surface area contributed by atoms with Crippen molar-refractivity contribution in [2.24, 2.45) is 5.73 Å². The molecule has 0 radical (unpaired) electrons. The molecule has 18 nitrogen and oxygen atoms in total. The van der Waals surface area contributed by atoms with E-state index in [4.69, 9.17) is 29.8 Å². The fourth-order valence-electron chi connectivity index (χ4n) is 4.66. The summed E-state index contributed by atoms with van der Waals surface area (Å²) in [6, 6.07) is 17.6. The van der Waals surface area contributed by atoms with Crippen LogP contribution in [0.25, 0.3) is 0 Å². The van der Waals surface area contributed by atoms with Crippen molar-refractivity contribution >= 4 is 36.4 Å². The Bertz CT molecular complexity index is 1610. The first-order chi connectivity index (χ1) is 27.1. The zero-order valence-corrected chi connectivity index (χ0v) is 35.2. The van der Waals surface area contributed by atoms with E-state index in [0.29, 0.717) is 25.6 Å². The second-order valence-electron chi connectivity index (χ2n) is 14.5. The van der Waals surface area contributed by atoms with Crippen LogP contribution >= 0.6 is 12.4 Å². The highest BCUT2D eigenvalue weighted by Crippen LogP contribution is 2.14. The predicted octanol–water partition coefficient (Wildman–Crippen LogP) is 3.33. The summed E-state index contributed by atoms with van der Waals surface area (Å²) in [6.07, 6.45) is 1.85. The molecular weight excluding hydrogens is 774 g/mol. The number of carbonyl (C=O) groups excluding carboxylic acids is 4. The third-order valence-electron chi connectivity index (χ3n) is 7.56. The van der Waals surface area contributed by atoms with Gasteiger partial charge in [-0.3, -0.25) is 9.59 Å². The Balaban J connectivity index is 0.000000599. The number of alkyl carbamates (subject to hydrolysis) is 2. The van der Waals surface area contributed by atoms with Gasteiger partial charge in [0.25, 0.3) is 0 Å². The van der Waals surface area contributed by atoms with E-state index in [1.54, 1.807) is 34.6 Å². The van der Waals surface area contributed by atoms with Crippen LogP contribution in [0.3, 0.4) is 0 Å². The minimum absolute atomic E-state index is 0. The molecule has 0 fully saturated rings. The van der Waals surface area contributed by atoms with Gasteiger partial charge < -0.3 is 51.1 Å². The number of halogens is 1. The van der Waals surface area contributed by atoms with Gasteiger partial charge in [-0.25, -0.2) is 14.3 Å². The summed E-state index contributed by atoms with van der Waals surface area (Å²) in [5, 5.41) is 31.1. The van der Waals surface area contributed by atoms with Crippen LogP contribution < -0.4 is 27.0 Å². The number of aliphatic hydroxyl groups excluding tert-OH is 1. The molecule has 58 heavy (non-hydrogen) atoms. The number of benzene rings is 2. The first kappa shape index (κ1) is 51.1. The van der Waals surface area contributed by atoms with Crippen molar-refractivity contribution in [1.29, 1.82) is 0 Å². The molecule has 0 saturated heterocycles. The largest absolute Gasteiger partial charge is 0.448 e. The van der Waals surface area contributed by atoms with Crippen molar-refractivity contribution < 1.29 is 43.2 Å². The standard InChI is InChI=1S/C22H35N7O4.C17H26N2O5.ClH/c1-4-5-9-12-24-21(31)33-14-13-29-19(26-27-28-29)18(25-20(30)22(2,3)23)16-32-15-17-10-7-6-8-11-17;1-17(2,3)24-16(22)19-14(15(21)18-9-10-20)12-23-11-13-7-5-4-6-8-13;/h6-8,10-11,18H,4-5,9,12-16,23H2,1-3H3,(H,24,31)(H,25,30);4-8,14,20H,9-12H2,1-3H3,(H,18,21)(H,19,22);1H/t18-;14-;/m11./s1. The third-order valence-corrected chi connectivity index (χ3v) is 7.56. The van der Waals surface area contributed by atoms with Gasteiger partial charge in [-0.1, -0.05) is 80.4 Å². The molecule has 1 heterocycles. The van der Waals surface area contributed by atoms with Crippen molar-refractivity contribution in [3.63, 3.8) is 0 Å². The number of hydrogen-bond acceptors (Lipinski definition) is 13. The number of ether oxygens (including phenoxy) is 4. The lowest BCUT2D eigenvalue weighted by Gasteiger charge is -2.23. The molecule has 19 heteroatoms. The van der Waals surface area contributed by atoms with Gasteiger partial charge in [-0.05, 0) is 62.6 Å². The lowest BCUT2D eigenvalue weighted by Crippen LogP contribution is -2.51. The van der Waals surface area contributed by atoms with Gasteiger partial charge in [0.2, 0.25) is 11.8 Å². The molecule has 0 aliphatic carbocycles. The molecule has 324 valence electrons. The summed E-state index contributed by atoms with van der Waals surface area (Å²) in [4.78, 5) is 48.3. The summed E-state index contributed by atoms with van der Waals surface area (Å²) < 4.78 is 23.2. The van der Waals surface area contributed by atoms with Crippen molar-refractivity contribution in [1.82, 2.24) is 41.5 Å². The van der Waals surface area contributed by atoms with Crippen LogP contribution in [0.1, 0.15) is 83.8 Å². The Morgan fingerprint density at radius 3 is 1.98 bits per heavy atom. The van der Waals surface area contributed by atoms with E-state index in [1.165, 1.54) is 4.68 Å². The van der Waals surface area contributed by atoms with Crippen LogP contribution in [0.4, 0.5) is 9.59 Å². The number of hydrogen-bond donors (Lipinski definition) is 6. The Morgan fingerprint density at radius 1 is 0.828 bits per heavy atom. The molecule has 0 saturated carbocycles. The first-order valence-corrected chi connectivity index (χ1v) is 19.0. The highest BCUT2D eigenvalue weighted by Gasteiger charge is 2.29. The number of tetrazole rings is 1. The molecule has 1 aromatic heterocycles. The number of unbranched alkanes of at least 4 members (excludes halogenated alkanes) is 2. The number of nitrogens with one attached hydrogen (secondary N) is 4. The summed E-state index contributed by atoms with van der Waals surface area (Å²) in [6.45, 7) is 12.1. The normalized spacial score (nSPS) is 12.1. The number of aliphatic hydroxyl groups is 1. The number of rotatable bonds is 22. The lowest BCUT2D eigenvalue weighted by atomic mass is 10.1. The molecule has 7 N–H and O–H groups in total. The zero-order valence-electron chi connectivity index (χ0n) is 34.4. The molecule has 0 spiro atoms. The molecule has 3 aromatic rings. The Hall–Kier alpha value is -4.88. The lowest BCUT2D eigenvalue weighted by molar-refractivity contribution is -0.126. The minimum Gasteiger partial charge on any atom is -0.448 e. The first-order valence-electron chi connectivity index (χ1n) is 19.0. The number of amides is 4. The van der Waals surface area contributed by atoms with Gasteiger partial charge in [0, 0.05) is 13.1 Å². The Morgan fingerprint density at radius 2 is 1.43 bits per heavy atom. The summed E-state index contributed by atoms with van der Waals surface area (Å²) in [5.74, 6) is -0.427. The van der Waals surface area contributed by atoms with E-state index in [9.17, 15) is 19.2 Å². The van der Waals surface area contributed by atoms with Crippen molar-refractivity contribution in [2.75, 3.05) is 39.5 Å². The fourth-order valence-corrected chi connectivity index (χ4v) is 4.66. The summed E-state index contributed by atoms with van der Waals surface area (Å²) >= 11 is 0. The second-order valence-corrected chi connectivity index (χ2v) is 14.5. The highest BCUT2D eigenvalue weighted by molar-refractivity contribution is 5.86. The van der Waals surface area contributed by atoms with E-state index in [2.05, 4.69) is 43.7 Å². The van der Waals surface area contributed by atoms with E-state index in [1.807, 2.05) is 60.7 Å². The maximum atomic E-state index is 12.5. The van der Waals surface area contributed by atoms with E-state index in [-0.39, 0.29) is 57.8 Å². The van der Waals surface area contributed by atoms with Crippen LogP contribution in [0.2, 0.25) is 0 Å². The third kappa shape index (κ3) is 22.2. The molecule has 0 unspecified atom stereocenters. The van der Waals surface area contributed by atoms with Crippen LogP contribution in [0, 0.1) is 0 Å². The molecule has 0 bridgehead atoms. The van der Waals surface area contributed by atoms with E-state index in [0.717, 1.165) is 30.4 Å². The van der Waals surface area contributed by atoms with E-state index >= 15 is 0 Å². The van der Waals surface area contributed by atoms with Gasteiger partial charge >= 0.3 is 12.2 Å². The zero-order chi connectivity index (χ0) is 42.1. The van der Waals surface area contributed by atoms with Crippen molar-refractivity contribution in [2.45, 2.75) is 104 Å². The van der Waals surface area contributed by atoms with Gasteiger partial charge in [0.1, 0.15) is 24.3 Å². The summed E-state index contributed by atoms with van der Waals surface area (Å²) in [5.41, 5.74) is 6.14. The fraction of sp³-hybridized carbons (Fsp3) is 0.564. The number of aromatic nitrogens is 4. The van der Waals surface area contributed by atoms with Crippen molar-refractivity contribution in [3.05, 3.63) is 77.6 Å². The SMILES string of the molecule is CC(C)(C)OC(=O)N[C@H](COCc1ccccc1)C(=O)NCCO.CCCCCNC(=O)OCCn1nnnc1[C@@H](COCc1ccccc1)NC(=O)C(C)(C)N.Cl. The molecule has 0 aliphatic heterocycles. The van der Waals surface area contributed by atoms with Crippen LogP contribution in [-0.2, 0) is 48.3 Å². The number of carbonyl (C=O) groups is 4. The monoisotopic (exact) mass is 835 g/mol. The number of nitrogens with zero attached hydrogens (tertiary/aromatic N) is 4. The molecular formula is C39H62ClN9O9. The topological polar surface area (TPSA) is 243 Å². The predicted molar refractivity (Wildman–Crippen MR) is 219 cm³/mol. The van der Waals surface area contributed by atoms with Crippen LogP contribution in [-0.4, -0.2) is 106 Å². The average molecular weight is 836 g/mol. The molecule has 2 atom stereocenters. The van der Waals surface area contributed by atoms with Gasteiger partial charge in [0.15, 0.2) is 5.82 Å². The Labute approximate surface area is 347 Å². The quantitative estimate of drug-likeness (QED) is 0.0797. The highest BCUT2D eigenvalue weighted by atomic mass is 35.5. The van der Waals surface area contributed by atoms with Crippen LogP contribution in [0.5, 0.6) is 0 Å². The maximum absolute atomic E-state index is 12.5. The Kier molecular flexibility index (Phi) is 24.4. The molecule has 4 amide bonds. The van der Waals surface area contributed by atoms with E-state index < -0.39 is 41.3 Å². The van der Waals surface area contributed by atoms with Crippen LogP contribution in [0.15, 0.2) is 60.7 Å². The van der Waals surface area contributed by atoms with Gasteiger partial charge in [-0.2, -0.15) is 0 Å². The molecule has 2 aromatic carbocycles. The number of nitrogens with two attached hydrogens (primary N) is 1. The van der Waals surface area contributed by atoms with Gasteiger partial charge in [0.05, 0.1) is 45.1 Å². The average Bonchev–Trinajstić information content (AvgIpc) is 3.63. The smallest absolute Gasteiger partial charge is 0.408 e. The maximum Gasteiger partial charge on any atom is 0.408 e. The molecule has 3 rings (SSSR count). The summed E-state index contributed by atoms with van der Waals surface area (Å²) in [7, 11) is 0. The minimum atomic E-state index is -1.09. The van der Waals surface area contributed by atoms with Gasteiger partial charge in [-0.15, -0.1) is 17.5 Å². The van der Waals surface area contributed by atoms with Crippen molar-refractivity contribution in [3.8, 4) is 0 Å². The molecule has 0 aliphatic rings. The second kappa shape index (κ2) is 27.7.